The van der Waals surface area contributed by atoms with E-state index in [1.165, 1.54) is 36.1 Å². The van der Waals surface area contributed by atoms with Gasteiger partial charge < -0.3 is 53.2 Å². The third-order valence-corrected chi connectivity index (χ3v) is 11.1. The van der Waals surface area contributed by atoms with Crippen LogP contribution in [0.2, 0.25) is 0 Å². The molecule has 8 atom stereocenters. The molecule has 1 heterocycles. The Hall–Kier alpha value is -5.71. The van der Waals surface area contributed by atoms with Gasteiger partial charge >= 0.3 is 0 Å². The number of phenolic OH excluding ortho intramolecular Hbond substituents is 2. The summed E-state index contributed by atoms with van der Waals surface area (Å²) in [5, 5.41) is 33.4. The second-order valence-corrected chi connectivity index (χ2v) is 15.7. The van der Waals surface area contributed by atoms with Gasteiger partial charge in [0.2, 0.25) is 41.4 Å². The minimum Gasteiger partial charge on any atom is -0.508 e. The van der Waals surface area contributed by atoms with Crippen LogP contribution in [0, 0.1) is 11.8 Å². The molecule has 0 radical (unpaired) electrons. The molecule has 1 aliphatic rings. The Balaban J connectivity index is 1.86. The van der Waals surface area contributed by atoms with E-state index in [-0.39, 0.29) is 49.6 Å². The molecule has 0 spiro atoms. The van der Waals surface area contributed by atoms with E-state index in [0.717, 1.165) is 0 Å². The summed E-state index contributed by atoms with van der Waals surface area (Å²) in [7, 11) is 0. The van der Waals surface area contributed by atoms with Crippen molar-refractivity contribution < 1.29 is 43.8 Å². The van der Waals surface area contributed by atoms with Crippen molar-refractivity contribution in [3.8, 4) is 11.5 Å². The SMILES string of the molecule is CC[C@H](C)[C@H](NC(=O)[C@@H](NC(=O)[C@@H]1CCCN1C(=O)[C@H](Cc1ccc(O)cc1)NC(=O)[C@H](Cc1ccc(O)cc1)NC(C)=O)[C@@H](C)CC)C(=O)N[C@@H](CCCCN)C(N)=O. The Morgan fingerprint density at radius 3 is 1.70 bits per heavy atom. The summed E-state index contributed by atoms with van der Waals surface area (Å²) in [6.07, 6.45) is 3.27. The van der Waals surface area contributed by atoms with E-state index in [9.17, 15) is 43.8 Å². The number of unbranched alkanes of at least 4 members (excludes halogenated alkanes) is 1. The van der Waals surface area contributed by atoms with Crippen LogP contribution < -0.4 is 38.1 Å². The largest absolute Gasteiger partial charge is 0.508 e. The lowest BCUT2D eigenvalue weighted by Crippen LogP contribution is -2.61. The minimum atomic E-state index is -1.20. The highest BCUT2D eigenvalue weighted by atomic mass is 16.3. The van der Waals surface area contributed by atoms with Gasteiger partial charge in [-0.15, -0.1) is 0 Å². The lowest BCUT2D eigenvalue weighted by Gasteiger charge is -2.32. The van der Waals surface area contributed by atoms with Crippen molar-refractivity contribution in [2.75, 3.05) is 13.1 Å². The van der Waals surface area contributed by atoms with Crippen molar-refractivity contribution in [2.45, 2.75) is 129 Å². The number of nitrogens with one attached hydrogen (secondary N) is 5. The lowest BCUT2D eigenvalue weighted by atomic mass is 9.94. The summed E-state index contributed by atoms with van der Waals surface area (Å²) >= 11 is 0. The van der Waals surface area contributed by atoms with Crippen LogP contribution in [-0.4, -0.2) is 106 Å². The van der Waals surface area contributed by atoms with E-state index >= 15 is 0 Å². The molecule has 330 valence electrons. The van der Waals surface area contributed by atoms with Crippen LogP contribution >= 0.6 is 0 Å². The Bertz CT molecular complexity index is 1770. The number of nitrogens with two attached hydrogens (primary N) is 2. The highest BCUT2D eigenvalue weighted by Crippen LogP contribution is 2.22. The van der Waals surface area contributed by atoms with Crippen LogP contribution in [0.15, 0.2) is 48.5 Å². The van der Waals surface area contributed by atoms with Crippen LogP contribution in [0.1, 0.15) is 90.7 Å². The number of likely N-dealkylation sites (tertiary alicyclic amines) is 1. The minimum absolute atomic E-state index is 0.00532. The predicted octanol–water partition coefficient (Wildman–Crippen LogP) is 1.02. The first-order chi connectivity index (χ1) is 28.5. The van der Waals surface area contributed by atoms with Crippen molar-refractivity contribution in [3.63, 3.8) is 0 Å². The fraction of sp³-hybridized carbons (Fsp3) is 0.558. The number of benzene rings is 2. The molecule has 1 aliphatic heterocycles. The maximum absolute atomic E-state index is 14.5. The molecular formula is C43H64N8O9. The number of hydrogen-bond acceptors (Lipinski definition) is 10. The standard InChI is InChI=1S/C43H64N8O9/c1-6-25(3)36(41(58)47-32(38(45)55)11-8-9-21-44)50-42(59)37(26(4)7-2)49-40(57)35-12-10-22-51(35)43(60)34(24-29-15-19-31(54)20-16-29)48-39(56)33(46-27(5)52)23-28-13-17-30(53)18-14-28/h13-20,25-26,32-37,53-54H,6-12,21-24,44H2,1-5H3,(H2,45,55)(H,46,52)(H,47,58)(H,48,56)(H,49,57)(H,50,59)/t25-,26-,32-,33-,34-,35-,36-,37-/m0/s1. The highest BCUT2D eigenvalue weighted by Gasteiger charge is 2.41. The number of rotatable bonds is 23. The van der Waals surface area contributed by atoms with Gasteiger partial charge in [-0.3, -0.25) is 33.6 Å². The molecule has 1 fully saturated rings. The number of phenols is 2. The van der Waals surface area contributed by atoms with Gasteiger partial charge in [-0.05, 0) is 85.9 Å². The normalized spacial score (nSPS) is 17.2. The highest BCUT2D eigenvalue weighted by molar-refractivity contribution is 5.97. The third kappa shape index (κ3) is 14.5. The second kappa shape index (κ2) is 23.8. The van der Waals surface area contributed by atoms with E-state index < -0.39 is 83.5 Å². The molecule has 0 bridgehead atoms. The Kier molecular flexibility index (Phi) is 19.3. The molecular weight excluding hydrogens is 773 g/mol. The van der Waals surface area contributed by atoms with Crippen molar-refractivity contribution >= 4 is 41.4 Å². The second-order valence-electron chi connectivity index (χ2n) is 15.7. The molecule has 0 aromatic heterocycles. The van der Waals surface area contributed by atoms with E-state index in [0.29, 0.717) is 49.8 Å². The topological polar surface area (TPSA) is 275 Å². The van der Waals surface area contributed by atoms with E-state index in [1.54, 1.807) is 38.1 Å². The smallest absolute Gasteiger partial charge is 0.246 e. The molecule has 3 rings (SSSR count). The van der Waals surface area contributed by atoms with Crippen molar-refractivity contribution in [1.29, 1.82) is 0 Å². The van der Waals surface area contributed by atoms with Gasteiger partial charge in [-0.2, -0.15) is 0 Å². The van der Waals surface area contributed by atoms with Crippen LogP contribution in [-0.2, 0) is 46.4 Å². The van der Waals surface area contributed by atoms with Crippen LogP contribution in [0.4, 0.5) is 0 Å². The zero-order valence-corrected chi connectivity index (χ0v) is 35.4. The average Bonchev–Trinajstić information content (AvgIpc) is 3.72. The molecule has 11 N–H and O–H groups in total. The van der Waals surface area contributed by atoms with Gasteiger partial charge in [0.05, 0.1) is 0 Å². The first-order valence-corrected chi connectivity index (χ1v) is 20.8. The third-order valence-electron chi connectivity index (χ3n) is 11.1. The number of amides is 7. The molecule has 7 amide bonds. The van der Waals surface area contributed by atoms with E-state index in [2.05, 4.69) is 26.6 Å². The number of primary amides is 1. The molecule has 1 saturated heterocycles. The first-order valence-electron chi connectivity index (χ1n) is 20.8. The monoisotopic (exact) mass is 836 g/mol. The summed E-state index contributed by atoms with van der Waals surface area (Å²) in [5.41, 5.74) is 12.4. The Morgan fingerprint density at radius 2 is 1.20 bits per heavy atom. The molecule has 0 aliphatic carbocycles. The van der Waals surface area contributed by atoms with Gasteiger partial charge in [-0.25, -0.2) is 0 Å². The number of aromatic hydroxyl groups is 2. The molecule has 2 aromatic carbocycles. The Labute approximate surface area is 352 Å². The van der Waals surface area contributed by atoms with Crippen LogP contribution in [0.25, 0.3) is 0 Å². The van der Waals surface area contributed by atoms with E-state index in [1.807, 2.05) is 13.8 Å². The number of carbonyl (C=O) groups is 7. The number of carbonyl (C=O) groups excluding carboxylic acids is 7. The number of hydrogen-bond donors (Lipinski definition) is 9. The van der Waals surface area contributed by atoms with Gasteiger partial charge in [0.15, 0.2) is 0 Å². The maximum atomic E-state index is 14.5. The van der Waals surface area contributed by atoms with Gasteiger partial charge in [0.25, 0.3) is 0 Å². The molecule has 17 nitrogen and oxygen atoms in total. The first kappa shape index (κ1) is 48.7. The summed E-state index contributed by atoms with van der Waals surface area (Å²) in [6, 6.07) is 5.86. The van der Waals surface area contributed by atoms with Crippen molar-refractivity contribution in [2.24, 2.45) is 23.3 Å². The predicted molar refractivity (Wildman–Crippen MR) is 225 cm³/mol. The Morgan fingerprint density at radius 1 is 0.700 bits per heavy atom. The fourth-order valence-corrected chi connectivity index (χ4v) is 7.10. The lowest BCUT2D eigenvalue weighted by molar-refractivity contribution is -0.142. The van der Waals surface area contributed by atoms with Gasteiger partial charge in [0.1, 0.15) is 47.8 Å². The average molecular weight is 837 g/mol. The van der Waals surface area contributed by atoms with Gasteiger partial charge in [0, 0.05) is 26.3 Å². The fourth-order valence-electron chi connectivity index (χ4n) is 7.10. The van der Waals surface area contributed by atoms with Crippen molar-refractivity contribution in [3.05, 3.63) is 59.7 Å². The summed E-state index contributed by atoms with van der Waals surface area (Å²) in [4.78, 5) is 95.8. The van der Waals surface area contributed by atoms with Crippen LogP contribution in [0.5, 0.6) is 11.5 Å². The zero-order chi connectivity index (χ0) is 44.5. The molecule has 60 heavy (non-hydrogen) atoms. The molecule has 17 heteroatoms. The maximum Gasteiger partial charge on any atom is 0.246 e. The van der Waals surface area contributed by atoms with Crippen molar-refractivity contribution in [1.82, 2.24) is 31.5 Å². The quantitative estimate of drug-likeness (QED) is 0.0717. The summed E-state index contributed by atoms with van der Waals surface area (Å²) in [6.45, 7) is 9.15. The summed E-state index contributed by atoms with van der Waals surface area (Å²) < 4.78 is 0. The number of nitrogens with zero attached hydrogens (tertiary/aromatic N) is 1. The van der Waals surface area contributed by atoms with Crippen LogP contribution in [0.3, 0.4) is 0 Å². The zero-order valence-electron chi connectivity index (χ0n) is 35.4. The van der Waals surface area contributed by atoms with Gasteiger partial charge in [-0.1, -0.05) is 64.8 Å². The van der Waals surface area contributed by atoms with E-state index in [4.69, 9.17) is 11.5 Å². The molecule has 0 saturated carbocycles. The molecule has 0 unspecified atom stereocenters. The molecule has 2 aromatic rings. The summed E-state index contributed by atoms with van der Waals surface area (Å²) in [5.74, 6) is -4.88.